The third-order valence-electron chi connectivity index (χ3n) is 13.4. The molecule has 1 aromatic rings. The minimum Gasteiger partial charge on any atom is -0.462 e. The Bertz CT molecular complexity index is 1380. The van der Waals surface area contributed by atoms with Crippen LogP contribution in [-0.2, 0) is 47.1 Å². The lowest BCUT2D eigenvalue weighted by Crippen LogP contribution is -2.46. The van der Waals surface area contributed by atoms with Crippen molar-refractivity contribution in [1.29, 1.82) is 0 Å². The number of rotatable bonds is 36. The molecule has 0 spiro atoms. The van der Waals surface area contributed by atoms with Gasteiger partial charge in [0, 0.05) is 38.7 Å². The molecule has 2 saturated heterocycles. The predicted molar refractivity (Wildman–Crippen MR) is 263 cm³/mol. The molecule has 0 bridgehead atoms. The van der Waals surface area contributed by atoms with E-state index in [0.717, 1.165) is 56.3 Å². The molecule has 0 N–H and O–H groups in total. The van der Waals surface area contributed by atoms with E-state index in [2.05, 4.69) is 65.1 Å². The summed E-state index contributed by atoms with van der Waals surface area (Å²) >= 11 is 1.63. The van der Waals surface area contributed by atoms with Crippen LogP contribution in [0.25, 0.3) is 0 Å². The van der Waals surface area contributed by atoms with Gasteiger partial charge in [0.05, 0.1) is 30.5 Å². The smallest absolute Gasteiger partial charge is 0.323 e. The summed E-state index contributed by atoms with van der Waals surface area (Å²) in [5.74, 6) is -0.137. The molecule has 2 heterocycles. The number of carbonyl (C=O) groups excluding carboxylic acids is 1. The van der Waals surface area contributed by atoms with Gasteiger partial charge in [0.15, 0.2) is 8.32 Å². The Kier molecular flexibility index (Phi) is 28.2. The van der Waals surface area contributed by atoms with E-state index in [4.69, 9.17) is 42.3 Å². The van der Waals surface area contributed by atoms with Crippen molar-refractivity contribution in [3.05, 3.63) is 42.5 Å². The molecule has 370 valence electrons. The van der Waals surface area contributed by atoms with Gasteiger partial charge >= 0.3 is 5.97 Å². The first-order chi connectivity index (χ1) is 30.8. The Morgan fingerprint density at radius 1 is 0.828 bits per heavy atom. The van der Waals surface area contributed by atoms with Crippen LogP contribution in [0.15, 0.2) is 47.4 Å². The quantitative estimate of drug-likeness (QED) is 0.0211. The van der Waals surface area contributed by atoms with Gasteiger partial charge in [-0.05, 0) is 88.6 Å². The van der Waals surface area contributed by atoms with Gasteiger partial charge in [-0.2, -0.15) is 0 Å². The van der Waals surface area contributed by atoms with Crippen LogP contribution in [-0.4, -0.2) is 103 Å². The first kappa shape index (κ1) is 57.0. The number of cyclic esters (lactones) is 1. The molecule has 0 amide bonds. The summed E-state index contributed by atoms with van der Waals surface area (Å²) < 4.78 is 54.0. The van der Waals surface area contributed by atoms with Gasteiger partial charge in [-0.3, -0.25) is 4.79 Å². The van der Waals surface area contributed by atoms with E-state index < -0.39 is 13.1 Å². The molecular formula is C52H92O10SSi. The number of unbranched alkanes of at least 4 members (excludes halogenated alkanes) is 11. The van der Waals surface area contributed by atoms with Crippen LogP contribution in [0.2, 0.25) is 18.1 Å². The second-order valence-corrected chi connectivity index (χ2v) is 26.1. The van der Waals surface area contributed by atoms with Gasteiger partial charge in [-0.25, -0.2) is 0 Å². The zero-order chi connectivity index (χ0) is 46.7. The number of benzene rings is 1. The molecule has 1 aromatic carbocycles. The molecule has 64 heavy (non-hydrogen) atoms. The number of hydrogen-bond donors (Lipinski definition) is 0. The van der Waals surface area contributed by atoms with E-state index in [0.29, 0.717) is 12.8 Å². The minimum atomic E-state index is -2.17. The van der Waals surface area contributed by atoms with Crippen molar-refractivity contribution < 1.29 is 47.1 Å². The molecule has 3 rings (SSSR count). The van der Waals surface area contributed by atoms with E-state index >= 15 is 0 Å². The van der Waals surface area contributed by atoms with E-state index in [1.807, 2.05) is 25.1 Å². The average Bonchev–Trinajstić information content (AvgIpc) is 3.53. The van der Waals surface area contributed by atoms with E-state index in [1.54, 1.807) is 33.1 Å². The van der Waals surface area contributed by atoms with Gasteiger partial charge in [-0.15, -0.1) is 11.8 Å². The Labute approximate surface area is 395 Å². The highest BCUT2D eigenvalue weighted by Gasteiger charge is 2.51. The lowest BCUT2D eigenvalue weighted by Gasteiger charge is -2.41. The molecule has 2 aliphatic rings. The fraction of sp³-hybridized carbons (Fsp3) is 0.827. The molecule has 12 heteroatoms. The highest BCUT2D eigenvalue weighted by atomic mass is 32.2. The largest absolute Gasteiger partial charge is 0.462 e. The molecule has 2 aliphatic heterocycles. The first-order valence-corrected chi connectivity index (χ1v) is 28.8. The Hall–Kier alpha value is -1.32. The SMILES string of the molecule is CCCCCCCCCCCCCC[C@H]1O[C@@H]([C@@H](CC[C@@H](/C=C/CC[C@H](CC2(Sc3ccccc3)C[C@H](C)OC2=O)O[Si](C)(C)C(C)(C)C)OCOC)OCOC)CC[C@H]1OCOC. The molecule has 1 unspecified atom stereocenters. The Morgan fingerprint density at radius 2 is 1.45 bits per heavy atom. The summed E-state index contributed by atoms with van der Waals surface area (Å²) in [5.41, 5.74) is 0. The fourth-order valence-electron chi connectivity index (χ4n) is 8.78. The zero-order valence-corrected chi connectivity index (χ0v) is 43.9. The van der Waals surface area contributed by atoms with E-state index in [9.17, 15) is 4.79 Å². The van der Waals surface area contributed by atoms with Crippen molar-refractivity contribution >= 4 is 26.0 Å². The predicted octanol–water partition coefficient (Wildman–Crippen LogP) is 13.4. The van der Waals surface area contributed by atoms with E-state index in [1.165, 1.54) is 70.6 Å². The van der Waals surface area contributed by atoms with Crippen molar-refractivity contribution in [2.75, 3.05) is 41.7 Å². The lowest BCUT2D eigenvalue weighted by molar-refractivity contribution is -0.209. The number of hydrogen-bond acceptors (Lipinski definition) is 11. The molecular weight excluding hydrogens is 845 g/mol. The maximum absolute atomic E-state index is 13.7. The van der Waals surface area contributed by atoms with Crippen LogP contribution in [0.5, 0.6) is 0 Å². The van der Waals surface area contributed by atoms with E-state index in [-0.39, 0.29) is 74.1 Å². The van der Waals surface area contributed by atoms with Crippen molar-refractivity contribution in [2.24, 2.45) is 0 Å². The van der Waals surface area contributed by atoms with Crippen LogP contribution < -0.4 is 0 Å². The normalized spacial score (nSPS) is 23.4. The van der Waals surface area contributed by atoms with Crippen molar-refractivity contribution in [2.45, 2.75) is 240 Å². The summed E-state index contributed by atoms with van der Waals surface area (Å²) in [5, 5.41) is 0.0250. The molecule has 0 aromatic heterocycles. The van der Waals surface area contributed by atoms with Crippen molar-refractivity contribution in [1.82, 2.24) is 0 Å². The van der Waals surface area contributed by atoms with Gasteiger partial charge < -0.3 is 42.3 Å². The van der Waals surface area contributed by atoms with Gasteiger partial charge in [0.2, 0.25) is 0 Å². The van der Waals surface area contributed by atoms with Crippen molar-refractivity contribution in [3.63, 3.8) is 0 Å². The highest BCUT2D eigenvalue weighted by molar-refractivity contribution is 8.01. The number of thioether (sulfide) groups is 1. The summed E-state index contributed by atoms with van der Waals surface area (Å²) in [4.78, 5) is 14.7. The minimum absolute atomic E-state index is 0.00618. The molecule has 0 radical (unpaired) electrons. The number of methoxy groups -OCH3 is 3. The standard InChI is InChI=1S/C52H92O10SSi/c1-11-12-13-14-15-16-17-18-19-20-21-25-32-48-47(59-41-56-8)35-36-49(61-48)46(58-40-55-7)34-33-43(57-39-54-6)28-26-27-29-44(62-64(9,10)51(3,4)5)38-52(37-42(2)60-50(52)53)63-45-30-23-22-24-31-45/h22-24,26,28,30-31,42-44,46-49H,11-21,25,27,29,32-41H2,1-10H3/b28-26+/t42-,43+,44+,46+,47+,48+,49+,52?/m0/s1. The molecule has 0 aliphatic carbocycles. The third-order valence-corrected chi connectivity index (χ3v) is 19.3. The number of ether oxygens (including phenoxy) is 8. The monoisotopic (exact) mass is 937 g/mol. The fourth-order valence-corrected chi connectivity index (χ4v) is 11.6. The molecule has 8 atom stereocenters. The van der Waals surface area contributed by atoms with Crippen LogP contribution in [0.3, 0.4) is 0 Å². The van der Waals surface area contributed by atoms with Gasteiger partial charge in [-0.1, -0.05) is 135 Å². The van der Waals surface area contributed by atoms with Crippen LogP contribution in [0, 0.1) is 0 Å². The topological polar surface area (TPSA) is 100 Å². The van der Waals surface area contributed by atoms with Crippen LogP contribution in [0.1, 0.15) is 169 Å². The average molecular weight is 937 g/mol. The molecule has 2 fully saturated rings. The second-order valence-electron chi connectivity index (χ2n) is 19.9. The summed E-state index contributed by atoms with van der Waals surface area (Å²) in [7, 11) is 2.82. The third kappa shape index (κ3) is 21.3. The second kappa shape index (κ2) is 31.7. The number of allylic oxidation sites excluding steroid dienone is 1. The highest BCUT2D eigenvalue weighted by Crippen LogP contribution is 2.48. The maximum Gasteiger partial charge on any atom is 0.323 e. The summed E-state index contributed by atoms with van der Waals surface area (Å²) in [6, 6.07) is 10.2. The maximum atomic E-state index is 13.7. The summed E-state index contributed by atoms with van der Waals surface area (Å²) in [6.45, 7) is 16.3. The first-order valence-electron chi connectivity index (χ1n) is 25.0. The van der Waals surface area contributed by atoms with Crippen molar-refractivity contribution in [3.8, 4) is 0 Å². The van der Waals surface area contributed by atoms with Gasteiger partial charge in [0.1, 0.15) is 31.2 Å². The molecule has 10 nitrogen and oxygen atoms in total. The Balaban J connectivity index is 1.64. The van der Waals surface area contributed by atoms with Crippen LogP contribution >= 0.6 is 11.8 Å². The van der Waals surface area contributed by atoms with Gasteiger partial charge in [0.25, 0.3) is 0 Å². The Morgan fingerprint density at radius 3 is 2.05 bits per heavy atom. The summed E-state index contributed by atoms with van der Waals surface area (Å²) in [6.07, 6.45) is 26.5. The van der Waals surface area contributed by atoms with Crippen LogP contribution in [0.4, 0.5) is 0 Å². The number of esters is 1. The lowest BCUT2D eigenvalue weighted by atomic mass is 9.92. The zero-order valence-electron chi connectivity index (χ0n) is 42.0. The number of carbonyl (C=O) groups is 1. The molecule has 0 saturated carbocycles.